The van der Waals surface area contributed by atoms with Crippen molar-refractivity contribution >= 4 is 29.0 Å². The number of rotatable bonds is 9. The number of anilines is 1. The van der Waals surface area contributed by atoms with Gasteiger partial charge in [-0.1, -0.05) is 18.2 Å². The van der Waals surface area contributed by atoms with Crippen LogP contribution in [-0.4, -0.2) is 36.7 Å². The first-order valence-corrected chi connectivity index (χ1v) is 9.70. The number of carbonyl (C=O) groups excluding carboxylic acids is 1. The summed E-state index contributed by atoms with van der Waals surface area (Å²) in [5, 5.41) is 14.0. The number of nitrogens with one attached hydrogen (secondary N) is 1. The Morgan fingerprint density at radius 3 is 2.58 bits per heavy atom. The number of hydrogen-bond acceptors (Lipinski definition) is 5. The zero-order valence-corrected chi connectivity index (χ0v) is 15.8. The molecule has 2 aromatic carbocycles. The van der Waals surface area contributed by atoms with E-state index in [9.17, 15) is 14.9 Å². The molecule has 0 aliphatic rings. The molecule has 0 atom stereocenters. The monoisotopic (exact) mass is 373 g/mol. The topological polar surface area (TPSA) is 75.5 Å². The first-order chi connectivity index (χ1) is 12.6. The van der Waals surface area contributed by atoms with Crippen LogP contribution >= 0.6 is 11.8 Å². The molecule has 1 amide bonds. The summed E-state index contributed by atoms with van der Waals surface area (Å²) in [5.74, 6) is -0.407. The Hall–Kier alpha value is -2.54. The van der Waals surface area contributed by atoms with Crippen molar-refractivity contribution in [2.24, 2.45) is 0 Å². The summed E-state index contributed by atoms with van der Waals surface area (Å²) in [5.41, 5.74) is 1.08. The zero-order chi connectivity index (χ0) is 18.9. The number of para-hydroxylation sites is 1. The third kappa shape index (κ3) is 5.23. The molecule has 2 rings (SSSR count). The zero-order valence-electron chi connectivity index (χ0n) is 15.0. The van der Waals surface area contributed by atoms with Crippen LogP contribution in [0.2, 0.25) is 0 Å². The maximum Gasteiger partial charge on any atom is 0.282 e. The largest absolute Gasteiger partial charge is 0.372 e. The van der Waals surface area contributed by atoms with Gasteiger partial charge in [0.2, 0.25) is 0 Å². The number of benzene rings is 2. The van der Waals surface area contributed by atoms with Gasteiger partial charge in [0.05, 0.1) is 4.92 Å². The molecule has 26 heavy (non-hydrogen) atoms. The summed E-state index contributed by atoms with van der Waals surface area (Å²) in [6, 6.07) is 14.7. The Balaban J connectivity index is 1.93. The van der Waals surface area contributed by atoms with Gasteiger partial charge in [-0.15, -0.1) is 11.8 Å². The molecular formula is C19H23N3O3S. The van der Waals surface area contributed by atoms with E-state index in [-0.39, 0.29) is 11.3 Å². The molecule has 0 aliphatic carbocycles. The van der Waals surface area contributed by atoms with Crippen molar-refractivity contribution in [3.05, 3.63) is 64.2 Å². The minimum absolute atomic E-state index is 0.109. The van der Waals surface area contributed by atoms with E-state index in [1.807, 2.05) is 24.5 Å². The lowest BCUT2D eigenvalue weighted by molar-refractivity contribution is -0.385. The Labute approximate surface area is 157 Å². The van der Waals surface area contributed by atoms with Crippen molar-refractivity contribution in [3.63, 3.8) is 0 Å². The Bertz CT molecular complexity index is 753. The number of nitro groups is 1. The fourth-order valence-corrected chi connectivity index (χ4v) is 3.10. The third-order valence-corrected chi connectivity index (χ3v) is 4.76. The molecular weight excluding hydrogens is 350 g/mol. The second-order valence-corrected chi connectivity index (χ2v) is 6.54. The maximum absolute atomic E-state index is 12.4. The molecule has 0 fully saturated rings. The molecule has 0 unspecified atom stereocenters. The van der Waals surface area contributed by atoms with Crippen LogP contribution in [0.3, 0.4) is 0 Å². The number of thioether (sulfide) groups is 1. The van der Waals surface area contributed by atoms with Crippen molar-refractivity contribution in [2.75, 3.05) is 30.8 Å². The van der Waals surface area contributed by atoms with Gasteiger partial charge in [0.15, 0.2) is 0 Å². The number of amides is 1. The molecule has 0 saturated heterocycles. The maximum atomic E-state index is 12.4. The molecule has 0 bridgehead atoms. The van der Waals surface area contributed by atoms with Crippen molar-refractivity contribution < 1.29 is 9.72 Å². The molecule has 2 aromatic rings. The van der Waals surface area contributed by atoms with Gasteiger partial charge in [-0.3, -0.25) is 14.9 Å². The van der Waals surface area contributed by atoms with Crippen LogP contribution in [0, 0.1) is 10.1 Å². The molecule has 6 nitrogen and oxygen atoms in total. The highest BCUT2D eigenvalue weighted by molar-refractivity contribution is 7.98. The molecule has 1 N–H and O–H groups in total. The lowest BCUT2D eigenvalue weighted by Crippen LogP contribution is -2.30. The minimum Gasteiger partial charge on any atom is -0.372 e. The summed E-state index contributed by atoms with van der Waals surface area (Å²) >= 11 is 1.44. The van der Waals surface area contributed by atoms with E-state index in [2.05, 4.69) is 29.3 Å². The van der Waals surface area contributed by atoms with Crippen molar-refractivity contribution in [3.8, 4) is 0 Å². The van der Waals surface area contributed by atoms with Crippen LogP contribution < -0.4 is 10.2 Å². The Morgan fingerprint density at radius 2 is 1.96 bits per heavy atom. The standard InChI is InChI=1S/C19H23N3O3S/c1-3-21(15-8-5-4-6-9-15)13-7-12-20-19(23)17-14-16(26-2)10-11-18(17)22(24)25/h4-6,8-11,14H,3,7,12-13H2,1-2H3,(H,20,23). The van der Waals surface area contributed by atoms with Crippen LogP contribution in [0.4, 0.5) is 11.4 Å². The second kappa shape index (κ2) is 9.82. The quantitative estimate of drug-likeness (QED) is 0.312. The SMILES string of the molecule is CCN(CCCNC(=O)c1cc(SC)ccc1[N+](=O)[O-])c1ccccc1. The van der Waals surface area contributed by atoms with Crippen LogP contribution in [0.15, 0.2) is 53.4 Å². The number of nitrogens with zero attached hydrogens (tertiary/aromatic N) is 2. The number of nitro benzene ring substituents is 1. The van der Waals surface area contributed by atoms with Crippen LogP contribution in [0.5, 0.6) is 0 Å². The fourth-order valence-electron chi connectivity index (χ4n) is 2.66. The summed E-state index contributed by atoms with van der Waals surface area (Å²) in [7, 11) is 0. The Kier molecular flexibility index (Phi) is 7.47. The highest BCUT2D eigenvalue weighted by Crippen LogP contribution is 2.24. The van der Waals surface area contributed by atoms with Gasteiger partial charge >= 0.3 is 0 Å². The average molecular weight is 373 g/mol. The van der Waals surface area contributed by atoms with Gasteiger partial charge < -0.3 is 10.2 Å². The van der Waals surface area contributed by atoms with E-state index in [0.717, 1.165) is 30.1 Å². The molecule has 0 aromatic heterocycles. The molecule has 0 heterocycles. The summed E-state index contributed by atoms with van der Waals surface area (Å²) in [6.07, 6.45) is 2.62. The highest BCUT2D eigenvalue weighted by atomic mass is 32.2. The molecule has 0 saturated carbocycles. The minimum atomic E-state index is -0.521. The Morgan fingerprint density at radius 1 is 1.23 bits per heavy atom. The van der Waals surface area contributed by atoms with E-state index >= 15 is 0 Å². The van der Waals surface area contributed by atoms with Crippen molar-refractivity contribution in [1.29, 1.82) is 0 Å². The van der Waals surface area contributed by atoms with Crippen LogP contribution in [0.1, 0.15) is 23.7 Å². The van der Waals surface area contributed by atoms with E-state index < -0.39 is 10.8 Å². The van der Waals surface area contributed by atoms with Gasteiger partial charge in [-0.2, -0.15) is 0 Å². The first-order valence-electron chi connectivity index (χ1n) is 8.47. The molecule has 0 spiro atoms. The highest BCUT2D eigenvalue weighted by Gasteiger charge is 2.20. The lowest BCUT2D eigenvalue weighted by atomic mass is 10.1. The summed E-state index contributed by atoms with van der Waals surface area (Å²) in [4.78, 5) is 26.1. The van der Waals surface area contributed by atoms with Gasteiger partial charge in [-0.25, -0.2) is 0 Å². The third-order valence-electron chi connectivity index (χ3n) is 4.04. The molecule has 7 heteroatoms. The number of hydrogen-bond donors (Lipinski definition) is 1. The smallest absolute Gasteiger partial charge is 0.282 e. The van der Waals surface area contributed by atoms with Crippen LogP contribution in [-0.2, 0) is 0 Å². The normalized spacial score (nSPS) is 10.4. The molecule has 0 radical (unpaired) electrons. The first kappa shape index (κ1) is 19.8. The van der Waals surface area contributed by atoms with E-state index in [1.165, 1.54) is 17.8 Å². The predicted octanol–water partition coefficient (Wildman–Crippen LogP) is 3.96. The van der Waals surface area contributed by atoms with Crippen LogP contribution in [0.25, 0.3) is 0 Å². The summed E-state index contributed by atoms with van der Waals surface area (Å²) < 4.78 is 0. The van der Waals surface area contributed by atoms with Crippen molar-refractivity contribution in [1.82, 2.24) is 5.32 Å². The lowest BCUT2D eigenvalue weighted by Gasteiger charge is -2.23. The average Bonchev–Trinajstić information content (AvgIpc) is 2.67. The summed E-state index contributed by atoms with van der Waals surface area (Å²) in [6.45, 7) is 4.22. The second-order valence-electron chi connectivity index (χ2n) is 5.66. The van der Waals surface area contributed by atoms with E-state index in [4.69, 9.17) is 0 Å². The molecule has 138 valence electrons. The predicted molar refractivity (Wildman–Crippen MR) is 106 cm³/mol. The van der Waals surface area contributed by atoms with Gasteiger partial charge in [0.1, 0.15) is 5.56 Å². The number of carbonyl (C=O) groups is 1. The van der Waals surface area contributed by atoms with Crippen molar-refractivity contribution in [2.45, 2.75) is 18.2 Å². The fraction of sp³-hybridized carbons (Fsp3) is 0.316. The van der Waals surface area contributed by atoms with Gasteiger partial charge in [-0.05, 0) is 43.9 Å². The van der Waals surface area contributed by atoms with E-state index in [0.29, 0.717) is 6.54 Å². The van der Waals surface area contributed by atoms with Gasteiger partial charge in [0, 0.05) is 36.3 Å². The molecule has 0 aliphatic heterocycles. The van der Waals surface area contributed by atoms with Gasteiger partial charge in [0.25, 0.3) is 11.6 Å². The van der Waals surface area contributed by atoms with E-state index in [1.54, 1.807) is 12.1 Å².